The molecule has 2 aromatic heterocycles. The van der Waals surface area contributed by atoms with Crippen LogP contribution in [-0.4, -0.2) is 26.4 Å². The maximum absolute atomic E-state index is 12.3. The van der Waals surface area contributed by atoms with Crippen molar-refractivity contribution in [3.05, 3.63) is 53.9 Å². The lowest BCUT2D eigenvalue weighted by molar-refractivity contribution is -0.113. The van der Waals surface area contributed by atoms with E-state index in [1.54, 1.807) is 11.8 Å². The number of hydrogen-bond acceptors (Lipinski definition) is 4. The minimum Gasteiger partial charge on any atom is -0.310 e. The van der Waals surface area contributed by atoms with Crippen LogP contribution >= 0.6 is 11.8 Å². The van der Waals surface area contributed by atoms with E-state index in [0.717, 1.165) is 27.8 Å². The molecule has 0 bridgehead atoms. The third kappa shape index (κ3) is 2.80. The Morgan fingerprint density at radius 2 is 2.00 bits per heavy atom. The third-order valence-corrected chi connectivity index (χ3v) is 5.57. The van der Waals surface area contributed by atoms with Gasteiger partial charge in [-0.2, -0.15) is 5.10 Å². The smallest absolute Gasteiger partial charge is 0.235 e. The van der Waals surface area contributed by atoms with Crippen LogP contribution in [0, 0.1) is 0 Å². The highest BCUT2D eigenvalue weighted by Crippen LogP contribution is 2.44. The molecule has 6 heteroatoms. The SMILES string of the molecule is CC(C)(C)n1ncc2c1NC(=O)CSC2c1cccc2cccnc12. The highest BCUT2D eigenvalue weighted by molar-refractivity contribution is 8.00. The summed E-state index contributed by atoms with van der Waals surface area (Å²) in [4.78, 5) is 16.9. The molecule has 1 aromatic carbocycles. The number of hydrogen-bond donors (Lipinski definition) is 1. The molecule has 25 heavy (non-hydrogen) atoms. The molecule has 0 radical (unpaired) electrons. The normalized spacial score (nSPS) is 17.9. The molecule has 0 aliphatic carbocycles. The molecule has 5 nitrogen and oxygen atoms in total. The van der Waals surface area contributed by atoms with Crippen molar-refractivity contribution in [1.82, 2.24) is 14.8 Å². The number of pyridine rings is 1. The van der Waals surface area contributed by atoms with Gasteiger partial charge in [-0.1, -0.05) is 24.3 Å². The number of carbonyl (C=O) groups excluding carboxylic acids is 1. The molecule has 4 rings (SSSR count). The van der Waals surface area contributed by atoms with E-state index in [-0.39, 0.29) is 16.7 Å². The van der Waals surface area contributed by atoms with E-state index < -0.39 is 0 Å². The molecule has 0 spiro atoms. The lowest BCUT2D eigenvalue weighted by Gasteiger charge is -2.23. The topological polar surface area (TPSA) is 59.8 Å². The van der Waals surface area contributed by atoms with Crippen molar-refractivity contribution in [2.24, 2.45) is 0 Å². The first-order chi connectivity index (χ1) is 11.9. The fraction of sp³-hybridized carbons (Fsp3) is 0.316. The Bertz CT molecular complexity index is 952. The van der Waals surface area contributed by atoms with E-state index in [1.807, 2.05) is 29.2 Å². The number of nitrogens with one attached hydrogen (secondary N) is 1. The Balaban J connectivity index is 1.92. The number of thioether (sulfide) groups is 1. The van der Waals surface area contributed by atoms with E-state index in [2.05, 4.69) is 54.4 Å². The standard InChI is InChI=1S/C19H20N4OS/c1-19(2,3)23-18-14(10-21-23)17(25-11-15(24)22-18)13-8-4-6-12-7-5-9-20-16(12)13/h4-10,17H,11H2,1-3H3,(H,22,24). The van der Waals surface area contributed by atoms with Crippen molar-refractivity contribution >= 4 is 34.4 Å². The summed E-state index contributed by atoms with van der Waals surface area (Å²) in [5.74, 6) is 1.21. The number of rotatable bonds is 1. The Morgan fingerprint density at radius 1 is 1.20 bits per heavy atom. The summed E-state index contributed by atoms with van der Waals surface area (Å²) in [5.41, 5.74) is 2.92. The van der Waals surface area contributed by atoms with Crippen LogP contribution in [0.4, 0.5) is 5.82 Å². The van der Waals surface area contributed by atoms with Crippen LogP contribution in [0.25, 0.3) is 10.9 Å². The molecular formula is C19H20N4OS. The summed E-state index contributed by atoms with van der Waals surface area (Å²) in [7, 11) is 0. The van der Waals surface area contributed by atoms with E-state index in [0.29, 0.717) is 5.75 Å². The van der Waals surface area contributed by atoms with Crippen LogP contribution in [0.5, 0.6) is 0 Å². The zero-order valence-corrected chi connectivity index (χ0v) is 15.3. The van der Waals surface area contributed by atoms with Crippen LogP contribution in [0.15, 0.2) is 42.7 Å². The molecule has 1 amide bonds. The Morgan fingerprint density at radius 3 is 2.80 bits per heavy atom. The average molecular weight is 352 g/mol. The monoisotopic (exact) mass is 352 g/mol. The molecule has 1 aliphatic rings. The first-order valence-electron chi connectivity index (χ1n) is 8.28. The summed E-state index contributed by atoms with van der Waals surface area (Å²) in [6, 6.07) is 10.2. The fourth-order valence-corrected chi connectivity index (χ4v) is 4.31. The van der Waals surface area contributed by atoms with E-state index in [4.69, 9.17) is 0 Å². The van der Waals surface area contributed by atoms with E-state index >= 15 is 0 Å². The zero-order valence-electron chi connectivity index (χ0n) is 14.5. The summed E-state index contributed by atoms with van der Waals surface area (Å²) >= 11 is 1.62. The largest absolute Gasteiger partial charge is 0.310 e. The average Bonchev–Trinajstić information content (AvgIpc) is 2.92. The summed E-state index contributed by atoms with van der Waals surface area (Å²) in [6.45, 7) is 6.25. The van der Waals surface area contributed by atoms with Gasteiger partial charge >= 0.3 is 0 Å². The molecular weight excluding hydrogens is 332 g/mol. The van der Waals surface area contributed by atoms with Gasteiger partial charge in [-0.3, -0.25) is 9.78 Å². The number of amides is 1. The van der Waals surface area contributed by atoms with Crippen LogP contribution in [0.2, 0.25) is 0 Å². The zero-order chi connectivity index (χ0) is 17.6. The predicted octanol–water partition coefficient (Wildman–Crippen LogP) is 3.96. The third-order valence-electron chi connectivity index (χ3n) is 4.30. The van der Waals surface area contributed by atoms with Gasteiger partial charge in [0.05, 0.1) is 28.3 Å². The van der Waals surface area contributed by atoms with Gasteiger partial charge in [-0.25, -0.2) is 4.68 Å². The first-order valence-corrected chi connectivity index (χ1v) is 9.33. The first kappa shape index (κ1) is 16.1. The van der Waals surface area contributed by atoms with Crippen molar-refractivity contribution in [1.29, 1.82) is 0 Å². The van der Waals surface area contributed by atoms with Gasteiger partial charge in [0, 0.05) is 17.1 Å². The Kier molecular flexibility index (Phi) is 3.80. The molecule has 3 aromatic rings. The number of carbonyl (C=O) groups is 1. The van der Waals surface area contributed by atoms with Gasteiger partial charge in [0.1, 0.15) is 5.82 Å². The maximum atomic E-state index is 12.3. The number of aromatic nitrogens is 3. The van der Waals surface area contributed by atoms with E-state index in [1.165, 1.54) is 0 Å². The molecule has 128 valence electrons. The highest BCUT2D eigenvalue weighted by Gasteiger charge is 2.31. The van der Waals surface area contributed by atoms with Crippen molar-refractivity contribution in [3.63, 3.8) is 0 Å². The van der Waals surface area contributed by atoms with Gasteiger partial charge in [0.2, 0.25) is 5.91 Å². The number of fused-ring (bicyclic) bond motifs is 2. The molecule has 1 aliphatic heterocycles. The second-order valence-electron chi connectivity index (χ2n) is 7.19. The van der Waals surface area contributed by atoms with E-state index in [9.17, 15) is 4.79 Å². The van der Waals surface area contributed by atoms with Crippen molar-refractivity contribution in [2.45, 2.75) is 31.6 Å². The van der Waals surface area contributed by atoms with Gasteiger partial charge < -0.3 is 5.32 Å². The number of anilines is 1. The number of benzene rings is 1. The predicted molar refractivity (Wildman–Crippen MR) is 102 cm³/mol. The van der Waals surface area contributed by atoms with Crippen LogP contribution in [0.3, 0.4) is 0 Å². The lowest BCUT2D eigenvalue weighted by Crippen LogP contribution is -2.27. The second kappa shape index (κ2) is 5.88. The van der Waals surface area contributed by atoms with Crippen LogP contribution in [0.1, 0.15) is 37.1 Å². The Hall–Kier alpha value is -2.34. The summed E-state index contributed by atoms with van der Waals surface area (Å²) < 4.78 is 1.90. The molecule has 0 fully saturated rings. The van der Waals surface area contributed by atoms with Crippen LogP contribution in [-0.2, 0) is 10.3 Å². The lowest BCUT2D eigenvalue weighted by atomic mass is 10.0. The minimum atomic E-state index is -0.211. The van der Waals surface area contributed by atoms with Crippen molar-refractivity contribution in [2.75, 3.05) is 11.1 Å². The van der Waals surface area contributed by atoms with Gasteiger partial charge in [0.25, 0.3) is 0 Å². The van der Waals surface area contributed by atoms with Crippen LogP contribution < -0.4 is 5.32 Å². The van der Waals surface area contributed by atoms with Gasteiger partial charge in [-0.05, 0) is 32.4 Å². The molecule has 0 saturated carbocycles. The van der Waals surface area contributed by atoms with Crippen molar-refractivity contribution < 1.29 is 4.79 Å². The summed E-state index contributed by atoms with van der Waals surface area (Å²) in [6.07, 6.45) is 3.70. The Labute approximate surface area is 150 Å². The van der Waals surface area contributed by atoms with Gasteiger partial charge in [0.15, 0.2) is 0 Å². The fourth-order valence-electron chi connectivity index (χ4n) is 3.20. The second-order valence-corrected chi connectivity index (χ2v) is 8.29. The molecule has 3 heterocycles. The molecule has 1 N–H and O–H groups in total. The maximum Gasteiger partial charge on any atom is 0.235 e. The number of nitrogens with zero attached hydrogens (tertiary/aromatic N) is 3. The van der Waals surface area contributed by atoms with Crippen molar-refractivity contribution in [3.8, 4) is 0 Å². The molecule has 1 unspecified atom stereocenters. The summed E-state index contributed by atoms with van der Waals surface area (Å²) in [5, 5.41) is 8.74. The molecule has 1 atom stereocenters. The molecule has 0 saturated heterocycles. The quantitative estimate of drug-likeness (QED) is 0.720. The number of para-hydroxylation sites is 1. The highest BCUT2D eigenvalue weighted by atomic mass is 32.2. The minimum absolute atomic E-state index is 0.00736. The van der Waals surface area contributed by atoms with Gasteiger partial charge in [-0.15, -0.1) is 11.8 Å².